The van der Waals surface area contributed by atoms with Gasteiger partial charge < -0.3 is 14.5 Å². The zero-order valence-electron chi connectivity index (χ0n) is 16.5. The first-order valence-electron chi connectivity index (χ1n) is 9.58. The minimum Gasteiger partial charge on any atom is -0.372 e. The number of ether oxygens (including phenoxy) is 1. The van der Waals surface area contributed by atoms with Crippen LogP contribution in [-0.2, 0) is 11.3 Å². The van der Waals surface area contributed by atoms with E-state index in [1.54, 1.807) is 22.4 Å². The molecule has 2 aromatic heterocycles. The van der Waals surface area contributed by atoms with Gasteiger partial charge in [-0.1, -0.05) is 18.2 Å². The number of rotatable bonds is 4. The van der Waals surface area contributed by atoms with Crippen LogP contribution >= 0.6 is 11.3 Å². The number of nitrogens with zero attached hydrogens (tertiary/aromatic N) is 3. The lowest BCUT2D eigenvalue weighted by Gasteiger charge is -2.36. The van der Waals surface area contributed by atoms with Crippen molar-refractivity contribution in [3.05, 3.63) is 59.1 Å². The summed E-state index contributed by atoms with van der Waals surface area (Å²) >= 11 is 1.72. The summed E-state index contributed by atoms with van der Waals surface area (Å²) in [6, 6.07) is 12.1. The van der Waals surface area contributed by atoms with Crippen LogP contribution in [0.2, 0.25) is 0 Å². The molecule has 6 heteroatoms. The number of fused-ring (bicyclic) bond motifs is 1. The van der Waals surface area contributed by atoms with Gasteiger partial charge in [0.2, 0.25) is 0 Å². The Hall–Kier alpha value is -2.44. The molecule has 0 bridgehead atoms. The molecule has 1 aliphatic rings. The van der Waals surface area contributed by atoms with Crippen LogP contribution in [0.1, 0.15) is 29.8 Å². The normalized spacial score (nSPS) is 19.8. The molecule has 1 fully saturated rings. The molecule has 0 spiro atoms. The molecule has 28 heavy (non-hydrogen) atoms. The quantitative estimate of drug-likeness (QED) is 0.665. The van der Waals surface area contributed by atoms with E-state index in [0.717, 1.165) is 18.9 Å². The van der Waals surface area contributed by atoms with Gasteiger partial charge in [-0.25, -0.2) is 4.98 Å². The second-order valence-corrected chi connectivity index (χ2v) is 8.40. The van der Waals surface area contributed by atoms with Gasteiger partial charge in [-0.05, 0) is 48.4 Å². The number of aromatic nitrogens is 1. The molecule has 0 saturated carbocycles. The number of amides is 1. The van der Waals surface area contributed by atoms with E-state index < -0.39 is 0 Å². The Kier molecular flexibility index (Phi) is 5.33. The number of hydrogen-bond donors (Lipinski definition) is 0. The minimum absolute atomic E-state index is 0.0157. The summed E-state index contributed by atoms with van der Waals surface area (Å²) in [6.07, 6.45) is 2.04. The summed E-state index contributed by atoms with van der Waals surface area (Å²) in [5, 5.41) is 3.35. The number of thiophene rings is 1. The van der Waals surface area contributed by atoms with E-state index in [-0.39, 0.29) is 18.1 Å². The summed E-state index contributed by atoms with van der Waals surface area (Å²) in [6.45, 7) is 6.36. The molecule has 1 aliphatic heterocycles. The number of carbonyl (C=O) groups excluding carboxylic acids is 1. The Bertz CT molecular complexity index is 959. The van der Waals surface area contributed by atoms with Crippen LogP contribution in [0.4, 0.5) is 5.82 Å². The van der Waals surface area contributed by atoms with Gasteiger partial charge in [-0.15, -0.1) is 11.3 Å². The van der Waals surface area contributed by atoms with Crippen molar-refractivity contribution in [1.82, 2.24) is 9.88 Å². The highest BCUT2D eigenvalue weighted by Crippen LogP contribution is 2.27. The van der Waals surface area contributed by atoms with E-state index in [0.29, 0.717) is 12.1 Å². The van der Waals surface area contributed by atoms with Gasteiger partial charge in [0.25, 0.3) is 5.91 Å². The molecule has 3 heterocycles. The molecule has 1 amide bonds. The summed E-state index contributed by atoms with van der Waals surface area (Å²) in [5.74, 6) is 0.878. The summed E-state index contributed by atoms with van der Waals surface area (Å²) in [5.41, 5.74) is 1.79. The Labute approximate surface area is 169 Å². The Morgan fingerprint density at radius 2 is 1.96 bits per heavy atom. The van der Waals surface area contributed by atoms with Crippen LogP contribution in [-0.4, -0.2) is 48.1 Å². The highest BCUT2D eigenvalue weighted by atomic mass is 32.1. The van der Waals surface area contributed by atoms with E-state index in [2.05, 4.69) is 41.2 Å². The molecule has 146 valence electrons. The van der Waals surface area contributed by atoms with Crippen molar-refractivity contribution in [2.24, 2.45) is 0 Å². The van der Waals surface area contributed by atoms with Crippen molar-refractivity contribution in [2.45, 2.75) is 32.6 Å². The van der Waals surface area contributed by atoms with Gasteiger partial charge in [-0.3, -0.25) is 4.79 Å². The van der Waals surface area contributed by atoms with Crippen LogP contribution < -0.4 is 4.90 Å². The number of hydrogen-bond acceptors (Lipinski definition) is 5. The fraction of sp³-hybridized carbons (Fsp3) is 0.364. The van der Waals surface area contributed by atoms with Crippen molar-refractivity contribution in [1.29, 1.82) is 0 Å². The van der Waals surface area contributed by atoms with Gasteiger partial charge in [-0.2, -0.15) is 0 Å². The third kappa shape index (κ3) is 3.88. The van der Waals surface area contributed by atoms with Gasteiger partial charge in [0.05, 0.1) is 17.8 Å². The average Bonchev–Trinajstić information content (AvgIpc) is 3.10. The topological polar surface area (TPSA) is 45.7 Å². The third-order valence-electron chi connectivity index (χ3n) is 5.05. The lowest BCUT2D eigenvalue weighted by molar-refractivity contribution is -0.00546. The maximum Gasteiger partial charge on any atom is 0.255 e. The van der Waals surface area contributed by atoms with Gasteiger partial charge in [0.15, 0.2) is 0 Å². The minimum atomic E-state index is -0.0157. The molecule has 4 rings (SSSR count). The third-order valence-corrected chi connectivity index (χ3v) is 6.07. The van der Waals surface area contributed by atoms with Crippen LogP contribution in [0.25, 0.3) is 10.1 Å². The fourth-order valence-corrected chi connectivity index (χ4v) is 4.72. The average molecular weight is 396 g/mol. The first-order chi connectivity index (χ1) is 13.5. The van der Waals surface area contributed by atoms with E-state index in [9.17, 15) is 4.79 Å². The fourth-order valence-electron chi connectivity index (χ4n) is 3.77. The first-order valence-corrected chi connectivity index (χ1v) is 10.5. The Morgan fingerprint density at radius 3 is 2.68 bits per heavy atom. The van der Waals surface area contributed by atoms with Gasteiger partial charge in [0, 0.05) is 37.6 Å². The number of benzene rings is 1. The zero-order chi connectivity index (χ0) is 19.7. The molecule has 2 unspecified atom stereocenters. The molecular weight excluding hydrogens is 370 g/mol. The van der Waals surface area contributed by atoms with E-state index in [1.165, 1.54) is 15.6 Å². The standard InChI is InChI=1S/C22H25N3O2S/c1-15-11-25(12-16(2)27-15)21-9-8-17(10-23-21)22(26)24(3)13-18-14-28-20-7-5-4-6-19(18)20/h4-10,14-16H,11-13H2,1-3H3. The Morgan fingerprint density at radius 1 is 1.21 bits per heavy atom. The second kappa shape index (κ2) is 7.89. The van der Waals surface area contributed by atoms with Crippen molar-refractivity contribution in [3.8, 4) is 0 Å². The second-order valence-electron chi connectivity index (χ2n) is 7.49. The molecule has 5 nitrogen and oxygen atoms in total. The molecule has 2 atom stereocenters. The van der Waals surface area contributed by atoms with Gasteiger partial charge >= 0.3 is 0 Å². The maximum atomic E-state index is 12.9. The molecule has 0 N–H and O–H groups in total. The predicted molar refractivity (Wildman–Crippen MR) is 114 cm³/mol. The lowest BCUT2D eigenvalue weighted by atomic mass is 10.1. The van der Waals surface area contributed by atoms with Crippen molar-refractivity contribution >= 4 is 33.1 Å². The predicted octanol–water partition coefficient (Wildman–Crippen LogP) is 4.18. The van der Waals surface area contributed by atoms with Crippen molar-refractivity contribution in [2.75, 3.05) is 25.0 Å². The van der Waals surface area contributed by atoms with Crippen molar-refractivity contribution in [3.63, 3.8) is 0 Å². The first kappa shape index (κ1) is 18.9. The number of morpholine rings is 1. The zero-order valence-corrected chi connectivity index (χ0v) is 17.3. The molecule has 1 aromatic carbocycles. The summed E-state index contributed by atoms with van der Waals surface area (Å²) < 4.78 is 7.03. The maximum absolute atomic E-state index is 12.9. The monoisotopic (exact) mass is 395 g/mol. The van der Waals surface area contributed by atoms with E-state index in [4.69, 9.17) is 4.74 Å². The molecule has 3 aromatic rings. The van der Waals surface area contributed by atoms with Gasteiger partial charge in [0.1, 0.15) is 5.82 Å². The molecule has 0 aliphatic carbocycles. The number of anilines is 1. The molecular formula is C22H25N3O2S. The van der Waals surface area contributed by atoms with Crippen LogP contribution in [0, 0.1) is 0 Å². The van der Waals surface area contributed by atoms with E-state index >= 15 is 0 Å². The largest absolute Gasteiger partial charge is 0.372 e. The highest BCUT2D eigenvalue weighted by molar-refractivity contribution is 7.17. The lowest BCUT2D eigenvalue weighted by Crippen LogP contribution is -2.45. The molecule has 1 saturated heterocycles. The van der Waals surface area contributed by atoms with Crippen molar-refractivity contribution < 1.29 is 9.53 Å². The number of carbonyl (C=O) groups is 1. The van der Waals surface area contributed by atoms with Crippen LogP contribution in [0.15, 0.2) is 48.0 Å². The van der Waals surface area contributed by atoms with E-state index in [1.807, 2.05) is 31.3 Å². The van der Waals surface area contributed by atoms with Crippen LogP contribution in [0.5, 0.6) is 0 Å². The number of pyridine rings is 1. The smallest absolute Gasteiger partial charge is 0.255 e. The molecule has 0 radical (unpaired) electrons. The summed E-state index contributed by atoms with van der Waals surface area (Å²) in [4.78, 5) is 21.4. The Balaban J connectivity index is 1.45. The van der Waals surface area contributed by atoms with Crippen LogP contribution in [0.3, 0.4) is 0 Å². The SMILES string of the molecule is CC1CN(c2ccc(C(=O)N(C)Cc3csc4ccccc34)cn2)CC(C)O1. The summed E-state index contributed by atoms with van der Waals surface area (Å²) in [7, 11) is 1.84. The highest BCUT2D eigenvalue weighted by Gasteiger charge is 2.23.